The van der Waals surface area contributed by atoms with Crippen molar-refractivity contribution in [3.63, 3.8) is 0 Å². The van der Waals surface area contributed by atoms with Crippen LogP contribution in [0, 0.1) is 0 Å². The molecule has 6 nitrogen and oxygen atoms in total. The topological polar surface area (TPSA) is 72.5 Å². The molecule has 0 bridgehead atoms. The van der Waals surface area contributed by atoms with Gasteiger partial charge in [-0.3, -0.25) is 0 Å². The number of aromatic amines is 1. The summed E-state index contributed by atoms with van der Waals surface area (Å²) in [6, 6.07) is 1.59. The largest absolute Gasteiger partial charge is 0.477 e. The summed E-state index contributed by atoms with van der Waals surface area (Å²) in [6.45, 7) is 2.36. The second-order valence-corrected chi connectivity index (χ2v) is 2.18. The lowest BCUT2D eigenvalue weighted by Gasteiger charge is -1.92. The lowest BCUT2D eigenvalue weighted by atomic mass is 10.6. The number of hydrogen-bond acceptors (Lipinski definition) is 4. The number of nitrogens with zero attached hydrogens (tertiary/aromatic N) is 2. The highest BCUT2D eigenvalue weighted by Crippen LogP contribution is 2.08. The first kappa shape index (κ1) is 6.96. The second-order valence-electron chi connectivity index (χ2n) is 2.18. The molecule has 0 aliphatic carbocycles. The number of H-pyrrole nitrogens is 1. The van der Waals surface area contributed by atoms with Gasteiger partial charge in [-0.1, -0.05) is 0 Å². The van der Waals surface area contributed by atoms with E-state index in [4.69, 9.17) is 4.74 Å². The molecular formula is C6H7N3O3. The third-order valence-corrected chi connectivity index (χ3v) is 1.40. The standard InChI is InChI=1S/C6H7N3O3/c1-2-11-5-3-4-8-12-6(10)9(4)7-5/h3,8H,2H2,1H3. The zero-order valence-corrected chi connectivity index (χ0v) is 6.40. The molecule has 0 radical (unpaired) electrons. The van der Waals surface area contributed by atoms with Gasteiger partial charge in [-0.2, -0.15) is 5.16 Å². The maximum Gasteiger partial charge on any atom is 0.461 e. The van der Waals surface area contributed by atoms with E-state index in [-0.39, 0.29) is 0 Å². The van der Waals surface area contributed by atoms with Gasteiger partial charge in [0, 0.05) is 6.07 Å². The quantitative estimate of drug-likeness (QED) is 0.687. The minimum atomic E-state index is -0.545. The number of fused-ring (bicyclic) bond motifs is 1. The van der Waals surface area contributed by atoms with Crippen molar-refractivity contribution in [2.75, 3.05) is 6.61 Å². The van der Waals surface area contributed by atoms with Crippen LogP contribution in [0.5, 0.6) is 5.88 Å². The number of nitrogens with one attached hydrogen (secondary N) is 1. The third-order valence-electron chi connectivity index (χ3n) is 1.40. The molecule has 0 aliphatic heterocycles. The molecule has 0 saturated carbocycles. The van der Waals surface area contributed by atoms with Crippen molar-refractivity contribution < 1.29 is 9.26 Å². The molecule has 2 aromatic heterocycles. The van der Waals surface area contributed by atoms with Crippen LogP contribution in [0.3, 0.4) is 0 Å². The Labute approximate surface area is 66.7 Å². The van der Waals surface area contributed by atoms with Gasteiger partial charge in [0.2, 0.25) is 5.88 Å². The third kappa shape index (κ3) is 0.884. The lowest BCUT2D eigenvalue weighted by Crippen LogP contribution is -2.06. The van der Waals surface area contributed by atoms with Gasteiger partial charge in [-0.15, -0.1) is 9.61 Å². The zero-order valence-electron chi connectivity index (χ0n) is 6.40. The number of ether oxygens (including phenoxy) is 1. The highest BCUT2D eigenvalue weighted by atomic mass is 16.5. The van der Waals surface area contributed by atoms with E-state index < -0.39 is 5.76 Å². The summed E-state index contributed by atoms with van der Waals surface area (Å²) < 4.78 is 10.6. The Hall–Kier alpha value is -1.72. The highest BCUT2D eigenvalue weighted by molar-refractivity contribution is 5.39. The molecule has 0 atom stereocenters. The maximum absolute atomic E-state index is 10.8. The van der Waals surface area contributed by atoms with Crippen molar-refractivity contribution in [1.29, 1.82) is 0 Å². The van der Waals surface area contributed by atoms with E-state index in [0.717, 1.165) is 4.52 Å². The zero-order chi connectivity index (χ0) is 8.55. The molecule has 0 amide bonds. The number of rotatable bonds is 2. The van der Waals surface area contributed by atoms with Crippen LogP contribution in [0.15, 0.2) is 15.4 Å². The monoisotopic (exact) mass is 169 g/mol. The fraction of sp³-hybridized carbons (Fsp3) is 0.333. The lowest BCUT2D eigenvalue weighted by molar-refractivity contribution is 0.320. The molecule has 1 N–H and O–H groups in total. The van der Waals surface area contributed by atoms with E-state index in [1.807, 2.05) is 6.92 Å². The van der Waals surface area contributed by atoms with Crippen molar-refractivity contribution in [3.05, 3.63) is 16.6 Å². The summed E-state index contributed by atoms with van der Waals surface area (Å²) in [6.07, 6.45) is 0. The van der Waals surface area contributed by atoms with E-state index in [1.165, 1.54) is 0 Å². The Kier molecular flexibility index (Phi) is 1.39. The first-order chi connectivity index (χ1) is 5.81. The summed E-state index contributed by atoms with van der Waals surface area (Å²) in [7, 11) is 0. The van der Waals surface area contributed by atoms with Gasteiger partial charge in [0.05, 0.1) is 6.61 Å². The molecule has 0 saturated heterocycles. The molecule has 0 fully saturated rings. The van der Waals surface area contributed by atoms with E-state index in [9.17, 15) is 4.79 Å². The first-order valence-electron chi connectivity index (χ1n) is 3.51. The van der Waals surface area contributed by atoms with Crippen LogP contribution in [-0.4, -0.2) is 21.4 Å². The van der Waals surface area contributed by atoms with Crippen LogP contribution in [0.2, 0.25) is 0 Å². The fourth-order valence-corrected chi connectivity index (χ4v) is 0.929. The van der Waals surface area contributed by atoms with Gasteiger partial charge in [0.1, 0.15) is 0 Å². The second kappa shape index (κ2) is 2.40. The average molecular weight is 169 g/mol. The normalized spacial score (nSPS) is 10.8. The van der Waals surface area contributed by atoms with Crippen molar-refractivity contribution in [2.24, 2.45) is 0 Å². The molecule has 6 heteroatoms. The first-order valence-corrected chi connectivity index (χ1v) is 3.51. The molecule has 2 rings (SSSR count). The smallest absolute Gasteiger partial charge is 0.461 e. The fourth-order valence-electron chi connectivity index (χ4n) is 0.929. The number of hydrogen-bond donors (Lipinski definition) is 1. The van der Waals surface area contributed by atoms with Crippen molar-refractivity contribution in [1.82, 2.24) is 14.8 Å². The van der Waals surface area contributed by atoms with Gasteiger partial charge >= 0.3 is 5.76 Å². The van der Waals surface area contributed by atoms with E-state index in [1.54, 1.807) is 6.07 Å². The van der Waals surface area contributed by atoms with E-state index in [2.05, 4.69) is 14.8 Å². The van der Waals surface area contributed by atoms with Gasteiger partial charge in [0.15, 0.2) is 5.65 Å². The van der Waals surface area contributed by atoms with Crippen LogP contribution in [0.1, 0.15) is 6.92 Å². The summed E-state index contributed by atoms with van der Waals surface area (Å²) in [4.78, 5) is 10.8. The highest BCUT2D eigenvalue weighted by Gasteiger charge is 2.06. The van der Waals surface area contributed by atoms with Gasteiger partial charge < -0.3 is 9.26 Å². The van der Waals surface area contributed by atoms with Crippen molar-refractivity contribution in [3.8, 4) is 5.88 Å². The molecule has 0 spiro atoms. The summed E-state index contributed by atoms with van der Waals surface area (Å²) in [5.41, 5.74) is 0.489. The van der Waals surface area contributed by atoms with Crippen LogP contribution in [0.25, 0.3) is 5.65 Å². The van der Waals surface area contributed by atoms with Crippen LogP contribution in [0.4, 0.5) is 0 Å². The van der Waals surface area contributed by atoms with Gasteiger partial charge in [-0.25, -0.2) is 4.79 Å². The van der Waals surface area contributed by atoms with Crippen molar-refractivity contribution >= 4 is 5.65 Å². The summed E-state index contributed by atoms with van der Waals surface area (Å²) in [5.74, 6) is -0.132. The molecule has 0 aliphatic rings. The molecule has 0 aromatic carbocycles. The maximum atomic E-state index is 10.8. The Morgan fingerprint density at radius 2 is 2.67 bits per heavy atom. The summed E-state index contributed by atoms with van der Waals surface area (Å²) in [5, 5.41) is 6.22. The summed E-state index contributed by atoms with van der Waals surface area (Å²) >= 11 is 0. The average Bonchev–Trinajstić information content (AvgIpc) is 2.55. The minimum Gasteiger partial charge on any atom is -0.477 e. The molecule has 2 aromatic rings. The van der Waals surface area contributed by atoms with Crippen molar-refractivity contribution in [2.45, 2.75) is 6.92 Å². The molecular weight excluding hydrogens is 162 g/mol. The molecule has 12 heavy (non-hydrogen) atoms. The predicted molar refractivity (Wildman–Crippen MR) is 39.2 cm³/mol. The molecule has 0 unspecified atom stereocenters. The Morgan fingerprint density at radius 3 is 3.33 bits per heavy atom. The van der Waals surface area contributed by atoms with Crippen LogP contribution >= 0.6 is 0 Å². The van der Waals surface area contributed by atoms with E-state index >= 15 is 0 Å². The van der Waals surface area contributed by atoms with Crippen LogP contribution in [-0.2, 0) is 0 Å². The SMILES string of the molecule is CCOc1cc2[nH]oc(=O)n2n1. The van der Waals surface area contributed by atoms with Crippen LogP contribution < -0.4 is 10.5 Å². The van der Waals surface area contributed by atoms with Gasteiger partial charge in [0.25, 0.3) is 0 Å². The Bertz CT molecular complexity index is 438. The molecule has 64 valence electrons. The Morgan fingerprint density at radius 1 is 1.83 bits per heavy atom. The Balaban J connectivity index is 2.55. The minimum absolute atomic E-state index is 0.414. The number of aromatic nitrogens is 3. The molecule has 2 heterocycles. The van der Waals surface area contributed by atoms with Gasteiger partial charge in [-0.05, 0) is 6.92 Å². The predicted octanol–water partition coefficient (Wildman–Crippen LogP) is 0.0143. The van der Waals surface area contributed by atoms with E-state index in [0.29, 0.717) is 18.1 Å².